The van der Waals surface area contributed by atoms with Gasteiger partial charge in [0.25, 0.3) is 5.91 Å². The van der Waals surface area contributed by atoms with Gasteiger partial charge in [-0.25, -0.2) is 4.79 Å². The van der Waals surface area contributed by atoms with Gasteiger partial charge in [-0.05, 0) is 26.0 Å². The van der Waals surface area contributed by atoms with Gasteiger partial charge in [0, 0.05) is 12.2 Å². The number of amides is 1. The lowest BCUT2D eigenvalue weighted by molar-refractivity contribution is -0.127. The predicted molar refractivity (Wildman–Crippen MR) is 66.6 cm³/mol. The van der Waals surface area contributed by atoms with Crippen molar-refractivity contribution >= 4 is 17.6 Å². The van der Waals surface area contributed by atoms with Crippen LogP contribution >= 0.6 is 0 Å². The maximum atomic E-state index is 11.5. The topological polar surface area (TPSA) is 102 Å². The molecule has 1 unspecified atom stereocenters. The first kappa shape index (κ1) is 13.8. The van der Waals surface area contributed by atoms with E-state index >= 15 is 0 Å². The fraction of sp³-hybridized carbons (Fsp3) is 0.333. The molecule has 1 aromatic rings. The van der Waals surface area contributed by atoms with Gasteiger partial charge in [-0.1, -0.05) is 6.07 Å². The van der Waals surface area contributed by atoms with Crippen LogP contribution in [0.3, 0.4) is 0 Å². The highest BCUT2D eigenvalue weighted by molar-refractivity contribution is 5.97. The summed E-state index contributed by atoms with van der Waals surface area (Å²) in [4.78, 5) is 22.6. The Hall–Kier alpha value is -2.24. The molecule has 0 saturated heterocycles. The number of carboxylic acid groups (broad SMARTS) is 1. The van der Waals surface area contributed by atoms with Crippen LogP contribution in [0.25, 0.3) is 0 Å². The third-order valence-corrected chi connectivity index (χ3v) is 2.30. The largest absolute Gasteiger partial charge is 0.480 e. The SMILES string of the molecule is CCNC(=O)C(C)Oc1cccc(N)c1C(=O)O. The number of nitrogen functional groups attached to an aromatic ring is 1. The molecule has 1 rings (SSSR count). The van der Waals surface area contributed by atoms with Crippen molar-refractivity contribution in [3.63, 3.8) is 0 Å². The smallest absolute Gasteiger partial charge is 0.341 e. The molecule has 0 spiro atoms. The molecule has 0 aliphatic carbocycles. The molecule has 1 amide bonds. The van der Waals surface area contributed by atoms with E-state index in [2.05, 4.69) is 5.32 Å². The van der Waals surface area contributed by atoms with Crippen LogP contribution in [0.2, 0.25) is 0 Å². The second-order valence-corrected chi connectivity index (χ2v) is 3.68. The number of rotatable bonds is 5. The van der Waals surface area contributed by atoms with Crippen molar-refractivity contribution in [1.82, 2.24) is 5.32 Å². The molecule has 18 heavy (non-hydrogen) atoms. The quantitative estimate of drug-likeness (QED) is 0.675. The molecule has 0 aliphatic rings. The summed E-state index contributed by atoms with van der Waals surface area (Å²) in [6.45, 7) is 3.81. The number of hydrogen-bond donors (Lipinski definition) is 3. The van der Waals surface area contributed by atoms with Crippen molar-refractivity contribution in [2.45, 2.75) is 20.0 Å². The summed E-state index contributed by atoms with van der Waals surface area (Å²) in [5, 5.41) is 11.6. The van der Waals surface area contributed by atoms with Crippen LogP contribution in [0.1, 0.15) is 24.2 Å². The van der Waals surface area contributed by atoms with Gasteiger partial charge in [-0.15, -0.1) is 0 Å². The van der Waals surface area contributed by atoms with E-state index in [4.69, 9.17) is 15.6 Å². The van der Waals surface area contributed by atoms with Crippen molar-refractivity contribution in [3.8, 4) is 5.75 Å². The maximum absolute atomic E-state index is 11.5. The molecule has 6 heteroatoms. The number of hydrogen-bond acceptors (Lipinski definition) is 4. The van der Waals surface area contributed by atoms with E-state index in [1.54, 1.807) is 19.9 Å². The molecule has 6 nitrogen and oxygen atoms in total. The van der Waals surface area contributed by atoms with Crippen LogP contribution in [0.5, 0.6) is 5.75 Å². The standard InChI is InChI=1S/C12H16N2O4/c1-3-14-11(15)7(2)18-9-6-4-5-8(13)10(9)12(16)17/h4-7H,3,13H2,1-2H3,(H,14,15)(H,16,17). The highest BCUT2D eigenvalue weighted by Crippen LogP contribution is 2.25. The average molecular weight is 252 g/mol. The van der Waals surface area contributed by atoms with Crippen LogP contribution in [0, 0.1) is 0 Å². The number of carboxylic acids is 1. The summed E-state index contributed by atoms with van der Waals surface area (Å²) in [7, 11) is 0. The van der Waals surface area contributed by atoms with Crippen LogP contribution in [0.4, 0.5) is 5.69 Å². The lowest BCUT2D eigenvalue weighted by Gasteiger charge is -2.16. The summed E-state index contributed by atoms with van der Waals surface area (Å²) < 4.78 is 5.33. The zero-order valence-corrected chi connectivity index (χ0v) is 10.3. The summed E-state index contributed by atoms with van der Waals surface area (Å²) in [5.41, 5.74) is 5.54. The van der Waals surface area contributed by atoms with E-state index in [1.807, 2.05) is 0 Å². The second kappa shape index (κ2) is 5.90. The summed E-state index contributed by atoms with van der Waals surface area (Å²) in [5.74, 6) is -1.41. The Labute approximate surface area is 105 Å². The van der Waals surface area contributed by atoms with Gasteiger partial charge in [0.1, 0.15) is 11.3 Å². The lowest BCUT2D eigenvalue weighted by Crippen LogP contribution is -2.36. The molecule has 0 bridgehead atoms. The number of nitrogens with one attached hydrogen (secondary N) is 1. The van der Waals surface area contributed by atoms with Crippen LogP contribution in [0.15, 0.2) is 18.2 Å². The van der Waals surface area contributed by atoms with E-state index in [0.29, 0.717) is 6.54 Å². The first-order chi connectivity index (χ1) is 8.47. The maximum Gasteiger partial charge on any atom is 0.341 e. The van der Waals surface area contributed by atoms with E-state index in [1.165, 1.54) is 12.1 Å². The number of carbonyl (C=O) groups is 2. The molecular formula is C12H16N2O4. The number of aromatic carboxylic acids is 1. The molecule has 4 N–H and O–H groups in total. The van der Waals surface area contributed by atoms with Gasteiger partial charge in [-0.2, -0.15) is 0 Å². The van der Waals surface area contributed by atoms with Crippen LogP contribution in [-0.2, 0) is 4.79 Å². The number of carbonyl (C=O) groups excluding carboxylic acids is 1. The number of likely N-dealkylation sites (N-methyl/N-ethyl adjacent to an activating group) is 1. The van der Waals surface area contributed by atoms with E-state index in [9.17, 15) is 9.59 Å². The fourth-order valence-electron chi connectivity index (χ4n) is 1.44. The monoisotopic (exact) mass is 252 g/mol. The van der Waals surface area contributed by atoms with Gasteiger partial charge in [-0.3, -0.25) is 4.79 Å². The van der Waals surface area contributed by atoms with Crippen molar-refractivity contribution in [3.05, 3.63) is 23.8 Å². The molecule has 0 fully saturated rings. The summed E-state index contributed by atoms with van der Waals surface area (Å²) in [6, 6.07) is 4.50. The number of benzene rings is 1. The third kappa shape index (κ3) is 3.13. The second-order valence-electron chi connectivity index (χ2n) is 3.68. The molecule has 0 heterocycles. The Morgan fingerprint density at radius 3 is 2.72 bits per heavy atom. The number of anilines is 1. The zero-order valence-electron chi connectivity index (χ0n) is 10.3. The minimum atomic E-state index is -1.19. The summed E-state index contributed by atoms with van der Waals surface area (Å²) in [6.07, 6.45) is -0.787. The van der Waals surface area contributed by atoms with E-state index in [0.717, 1.165) is 0 Å². The highest BCUT2D eigenvalue weighted by Gasteiger charge is 2.19. The van der Waals surface area contributed by atoms with E-state index < -0.39 is 12.1 Å². The molecule has 98 valence electrons. The predicted octanol–water partition coefficient (Wildman–Crippen LogP) is 0.870. The van der Waals surface area contributed by atoms with Crippen molar-refractivity contribution < 1.29 is 19.4 Å². The lowest BCUT2D eigenvalue weighted by atomic mass is 10.1. The highest BCUT2D eigenvalue weighted by atomic mass is 16.5. The fourth-order valence-corrected chi connectivity index (χ4v) is 1.44. The number of ether oxygens (including phenoxy) is 1. The third-order valence-electron chi connectivity index (χ3n) is 2.30. The molecule has 0 aliphatic heterocycles. The van der Waals surface area contributed by atoms with Crippen molar-refractivity contribution in [1.29, 1.82) is 0 Å². The van der Waals surface area contributed by atoms with Gasteiger partial charge in [0.2, 0.25) is 0 Å². The molecule has 1 aromatic carbocycles. The minimum absolute atomic E-state index is 0.0845. The zero-order chi connectivity index (χ0) is 13.7. The number of nitrogens with two attached hydrogens (primary N) is 1. The Kier molecular flexibility index (Phi) is 4.53. The van der Waals surface area contributed by atoms with E-state index in [-0.39, 0.29) is 22.9 Å². The Morgan fingerprint density at radius 1 is 1.50 bits per heavy atom. The summed E-state index contributed by atoms with van der Waals surface area (Å²) >= 11 is 0. The molecule has 0 saturated carbocycles. The molecule has 0 radical (unpaired) electrons. The normalized spacial score (nSPS) is 11.7. The Balaban J connectivity index is 2.94. The molecule has 0 aromatic heterocycles. The van der Waals surface area contributed by atoms with Gasteiger partial charge in [0.15, 0.2) is 6.10 Å². The first-order valence-electron chi connectivity index (χ1n) is 5.53. The molecular weight excluding hydrogens is 236 g/mol. The van der Waals surface area contributed by atoms with Gasteiger partial charge in [0.05, 0.1) is 0 Å². The average Bonchev–Trinajstić information content (AvgIpc) is 2.28. The first-order valence-corrected chi connectivity index (χ1v) is 5.53. The van der Waals surface area contributed by atoms with Gasteiger partial charge >= 0.3 is 5.97 Å². The van der Waals surface area contributed by atoms with Crippen LogP contribution in [-0.4, -0.2) is 29.6 Å². The van der Waals surface area contributed by atoms with Crippen molar-refractivity contribution in [2.75, 3.05) is 12.3 Å². The Bertz CT molecular complexity index is 459. The van der Waals surface area contributed by atoms with Crippen molar-refractivity contribution in [2.24, 2.45) is 0 Å². The molecule has 1 atom stereocenters. The van der Waals surface area contributed by atoms with Crippen LogP contribution < -0.4 is 15.8 Å². The minimum Gasteiger partial charge on any atom is -0.480 e. The Morgan fingerprint density at radius 2 is 2.17 bits per heavy atom. The van der Waals surface area contributed by atoms with Gasteiger partial charge < -0.3 is 20.9 Å².